The third kappa shape index (κ3) is 5.33. The molecule has 0 aromatic rings. The first kappa shape index (κ1) is 15.2. The van der Waals surface area contributed by atoms with Crippen LogP contribution in [0.4, 0.5) is 0 Å². The van der Waals surface area contributed by atoms with E-state index in [1.165, 1.54) is 7.11 Å². The highest BCUT2D eigenvalue weighted by molar-refractivity contribution is 6.74. The van der Waals surface area contributed by atoms with Gasteiger partial charge in [-0.2, -0.15) is 0 Å². The van der Waals surface area contributed by atoms with Crippen molar-refractivity contribution in [3.8, 4) is 11.8 Å². The Kier molecular flexibility index (Phi) is 5.77. The molecule has 0 bridgehead atoms. The van der Waals surface area contributed by atoms with Gasteiger partial charge < -0.3 is 9.16 Å². The van der Waals surface area contributed by atoms with E-state index in [9.17, 15) is 4.79 Å². The fourth-order valence-corrected chi connectivity index (χ4v) is 1.80. The van der Waals surface area contributed by atoms with Crippen LogP contribution in [-0.2, 0) is 14.0 Å². The molecule has 0 fully saturated rings. The first-order valence-electron chi connectivity index (χ1n) is 5.41. The summed E-state index contributed by atoms with van der Waals surface area (Å²) < 4.78 is 10.3. The largest absolute Gasteiger partial charge is 0.459 e. The third-order valence-corrected chi connectivity index (χ3v) is 7.41. The lowest BCUT2D eigenvalue weighted by Crippen LogP contribution is -2.40. The van der Waals surface area contributed by atoms with E-state index in [1.54, 1.807) is 0 Å². The highest BCUT2D eigenvalue weighted by atomic mass is 28.4. The Bertz CT molecular complexity index is 292. The van der Waals surface area contributed by atoms with Gasteiger partial charge in [-0.25, -0.2) is 4.79 Å². The summed E-state index contributed by atoms with van der Waals surface area (Å²) in [6, 6.07) is 0. The molecule has 0 rings (SSSR count). The zero-order chi connectivity index (χ0) is 12.8. The van der Waals surface area contributed by atoms with Crippen LogP contribution in [0.5, 0.6) is 0 Å². The number of hydrogen-bond donors (Lipinski definition) is 0. The van der Waals surface area contributed by atoms with Crippen molar-refractivity contribution in [1.29, 1.82) is 0 Å². The molecule has 0 aliphatic rings. The molecule has 0 aromatic heterocycles. The van der Waals surface area contributed by atoms with Gasteiger partial charge in [-0.05, 0) is 18.1 Å². The van der Waals surface area contributed by atoms with Gasteiger partial charge in [0.2, 0.25) is 0 Å². The highest BCUT2D eigenvalue weighted by Gasteiger charge is 2.36. The molecule has 92 valence electrons. The lowest BCUT2D eigenvalue weighted by Gasteiger charge is -2.35. The summed E-state index contributed by atoms with van der Waals surface area (Å²) in [6.07, 6.45) is 0.571. The van der Waals surface area contributed by atoms with E-state index < -0.39 is 14.3 Å². The molecule has 0 saturated carbocycles. The van der Waals surface area contributed by atoms with Gasteiger partial charge in [-0.15, -0.1) is 0 Å². The molecule has 3 nitrogen and oxygen atoms in total. The SMILES string of the molecule is COC(=O)C#CCCO[Si](C)(C)C(C)(C)C. The average molecular weight is 242 g/mol. The second-order valence-corrected chi connectivity index (χ2v) is 9.96. The van der Waals surface area contributed by atoms with Crippen molar-refractivity contribution in [1.82, 2.24) is 0 Å². The number of carbonyl (C=O) groups excluding carboxylic acids is 1. The molecule has 0 N–H and O–H groups in total. The van der Waals surface area contributed by atoms with Gasteiger partial charge in [-0.3, -0.25) is 0 Å². The van der Waals surface area contributed by atoms with Crippen LogP contribution in [0.1, 0.15) is 27.2 Å². The first-order chi connectivity index (χ1) is 7.20. The standard InChI is InChI=1S/C12H22O3Si/c1-12(2,3)16(5,6)15-10-8-7-9-11(13)14-4/h8,10H2,1-6H3. The molecule has 0 aliphatic carbocycles. The Morgan fingerprint density at radius 2 is 1.88 bits per heavy atom. The lowest BCUT2D eigenvalue weighted by atomic mass is 10.2. The molecule has 0 radical (unpaired) electrons. The topological polar surface area (TPSA) is 35.5 Å². The molecule has 0 aliphatic heterocycles. The van der Waals surface area contributed by atoms with Crippen LogP contribution in [0, 0.1) is 11.8 Å². The molecule has 0 saturated heterocycles. The average Bonchev–Trinajstić information content (AvgIpc) is 2.15. The van der Waals surface area contributed by atoms with Crippen molar-refractivity contribution in [2.24, 2.45) is 0 Å². The second kappa shape index (κ2) is 6.07. The summed E-state index contributed by atoms with van der Waals surface area (Å²) in [7, 11) is -0.352. The zero-order valence-electron chi connectivity index (χ0n) is 11.1. The summed E-state index contributed by atoms with van der Waals surface area (Å²) in [5.74, 6) is 4.62. The summed E-state index contributed by atoms with van der Waals surface area (Å²) in [4.78, 5) is 10.7. The van der Waals surface area contributed by atoms with Gasteiger partial charge >= 0.3 is 5.97 Å². The van der Waals surface area contributed by atoms with Crippen LogP contribution in [-0.4, -0.2) is 28.0 Å². The van der Waals surface area contributed by atoms with Gasteiger partial charge in [0.15, 0.2) is 8.32 Å². The zero-order valence-corrected chi connectivity index (χ0v) is 12.1. The smallest absolute Gasteiger partial charge is 0.384 e. The maximum atomic E-state index is 10.7. The van der Waals surface area contributed by atoms with Crippen LogP contribution in [0.3, 0.4) is 0 Å². The molecule has 0 heterocycles. The minimum Gasteiger partial charge on any atom is -0.459 e. The van der Waals surface area contributed by atoms with Crippen molar-refractivity contribution in [3.63, 3.8) is 0 Å². The molecule has 0 spiro atoms. The van der Waals surface area contributed by atoms with Crippen LogP contribution >= 0.6 is 0 Å². The molecular weight excluding hydrogens is 220 g/mol. The van der Waals surface area contributed by atoms with Crippen molar-refractivity contribution >= 4 is 14.3 Å². The molecule has 0 aromatic carbocycles. The van der Waals surface area contributed by atoms with Crippen LogP contribution in [0.15, 0.2) is 0 Å². The fourth-order valence-electron chi connectivity index (χ4n) is 0.759. The predicted molar refractivity (Wildman–Crippen MR) is 67.6 cm³/mol. The van der Waals surface area contributed by atoms with E-state index in [0.29, 0.717) is 13.0 Å². The molecule has 0 amide bonds. The van der Waals surface area contributed by atoms with Gasteiger partial charge in [0, 0.05) is 18.9 Å². The van der Waals surface area contributed by atoms with E-state index in [4.69, 9.17) is 4.43 Å². The van der Waals surface area contributed by atoms with Crippen molar-refractivity contribution in [3.05, 3.63) is 0 Å². The van der Waals surface area contributed by atoms with Gasteiger partial charge in [0.25, 0.3) is 0 Å². The normalized spacial score (nSPS) is 11.6. The van der Waals surface area contributed by atoms with Crippen LogP contribution < -0.4 is 0 Å². The van der Waals surface area contributed by atoms with E-state index in [2.05, 4.69) is 50.4 Å². The molecule has 0 unspecified atom stereocenters. The monoisotopic (exact) mass is 242 g/mol. The van der Waals surface area contributed by atoms with Gasteiger partial charge in [-0.1, -0.05) is 26.7 Å². The van der Waals surface area contributed by atoms with Gasteiger partial charge in [0.1, 0.15) is 0 Å². The number of ether oxygens (including phenoxy) is 1. The number of rotatable bonds is 3. The minimum absolute atomic E-state index is 0.211. The quantitative estimate of drug-likeness (QED) is 0.251. The predicted octanol–water partition coefficient (Wildman–Crippen LogP) is 2.57. The molecule has 4 heteroatoms. The van der Waals surface area contributed by atoms with E-state index in [-0.39, 0.29) is 5.04 Å². The van der Waals surface area contributed by atoms with Crippen molar-refractivity contribution in [2.75, 3.05) is 13.7 Å². The summed E-state index contributed by atoms with van der Waals surface area (Å²) >= 11 is 0. The van der Waals surface area contributed by atoms with Crippen LogP contribution in [0.25, 0.3) is 0 Å². The maximum Gasteiger partial charge on any atom is 0.384 e. The Hall–Kier alpha value is -0.793. The van der Waals surface area contributed by atoms with Crippen molar-refractivity contribution < 1.29 is 14.0 Å². The summed E-state index contributed by atoms with van der Waals surface area (Å²) in [5, 5.41) is 0.211. The summed E-state index contributed by atoms with van der Waals surface area (Å²) in [6.45, 7) is 11.6. The Labute approximate surface area is 99.6 Å². The number of carbonyl (C=O) groups is 1. The summed E-state index contributed by atoms with van der Waals surface area (Å²) in [5.41, 5.74) is 0. The highest BCUT2D eigenvalue weighted by Crippen LogP contribution is 2.36. The number of esters is 1. The Morgan fingerprint density at radius 3 is 2.31 bits per heavy atom. The number of hydrogen-bond acceptors (Lipinski definition) is 3. The van der Waals surface area contributed by atoms with E-state index >= 15 is 0 Å². The minimum atomic E-state index is -1.67. The Balaban J connectivity index is 3.99. The van der Waals surface area contributed by atoms with Crippen molar-refractivity contribution in [2.45, 2.75) is 45.3 Å². The third-order valence-electron chi connectivity index (χ3n) is 2.87. The van der Waals surface area contributed by atoms with E-state index in [0.717, 1.165) is 0 Å². The number of methoxy groups -OCH3 is 1. The fraction of sp³-hybridized carbons (Fsp3) is 0.750. The molecular formula is C12H22O3Si. The van der Waals surface area contributed by atoms with Gasteiger partial charge in [0.05, 0.1) is 7.11 Å². The maximum absolute atomic E-state index is 10.7. The Morgan fingerprint density at radius 1 is 1.31 bits per heavy atom. The molecule has 0 atom stereocenters. The molecule has 16 heavy (non-hydrogen) atoms. The van der Waals surface area contributed by atoms with E-state index in [1.807, 2.05) is 0 Å². The van der Waals surface area contributed by atoms with Crippen LogP contribution in [0.2, 0.25) is 18.1 Å². The first-order valence-corrected chi connectivity index (χ1v) is 8.32. The second-order valence-electron chi connectivity index (χ2n) is 5.15. The lowest BCUT2D eigenvalue weighted by molar-refractivity contribution is -0.133.